The van der Waals surface area contributed by atoms with Crippen LogP contribution in [0.15, 0.2) is 12.3 Å². The van der Waals surface area contributed by atoms with Crippen molar-refractivity contribution in [2.24, 2.45) is 5.73 Å². The van der Waals surface area contributed by atoms with E-state index in [4.69, 9.17) is 10.5 Å². The van der Waals surface area contributed by atoms with E-state index in [1.165, 1.54) is 0 Å². The fourth-order valence-electron chi connectivity index (χ4n) is 1.96. The molecule has 2 unspecified atom stereocenters. The highest BCUT2D eigenvalue weighted by atomic mass is 19.4. The predicted octanol–water partition coefficient (Wildman–Crippen LogP) is 2.14. The van der Waals surface area contributed by atoms with E-state index in [1.54, 1.807) is 0 Å². The zero-order chi connectivity index (χ0) is 13.2. The van der Waals surface area contributed by atoms with Crippen LogP contribution in [-0.4, -0.2) is 22.1 Å². The fraction of sp³-hybridized carbons (Fsp3) is 0.636. The molecule has 1 heterocycles. The molecule has 0 radical (unpaired) electrons. The Hall–Kier alpha value is -1.37. The number of ether oxygens (including phenoxy) is 1. The number of halogens is 3. The van der Waals surface area contributed by atoms with E-state index in [0.29, 0.717) is 0 Å². The SMILES string of the molecule is NC1CCCCC1Oc1nccc(C(F)(F)F)n1. The van der Waals surface area contributed by atoms with Gasteiger partial charge in [0.05, 0.1) is 0 Å². The lowest BCUT2D eigenvalue weighted by atomic mass is 9.93. The number of aromatic nitrogens is 2. The van der Waals surface area contributed by atoms with Crippen molar-refractivity contribution < 1.29 is 17.9 Å². The van der Waals surface area contributed by atoms with Crippen LogP contribution in [0.5, 0.6) is 6.01 Å². The van der Waals surface area contributed by atoms with Gasteiger partial charge in [-0.2, -0.15) is 18.2 Å². The topological polar surface area (TPSA) is 61.0 Å². The second-order valence-corrected chi connectivity index (χ2v) is 4.33. The first-order chi connectivity index (χ1) is 8.47. The maximum Gasteiger partial charge on any atom is 0.433 e. The zero-order valence-corrected chi connectivity index (χ0v) is 9.65. The summed E-state index contributed by atoms with van der Waals surface area (Å²) >= 11 is 0. The van der Waals surface area contributed by atoms with E-state index in [0.717, 1.165) is 37.9 Å². The molecule has 1 saturated carbocycles. The molecule has 0 aromatic carbocycles. The van der Waals surface area contributed by atoms with Crippen molar-refractivity contribution in [3.05, 3.63) is 18.0 Å². The van der Waals surface area contributed by atoms with Crippen LogP contribution in [0.3, 0.4) is 0 Å². The second kappa shape index (κ2) is 5.09. The van der Waals surface area contributed by atoms with Crippen LogP contribution in [0.4, 0.5) is 13.2 Å². The Kier molecular flexibility index (Phi) is 3.70. The van der Waals surface area contributed by atoms with Gasteiger partial charge in [-0.25, -0.2) is 4.98 Å². The van der Waals surface area contributed by atoms with Gasteiger partial charge >= 0.3 is 12.2 Å². The van der Waals surface area contributed by atoms with Crippen molar-refractivity contribution in [2.75, 3.05) is 0 Å². The number of rotatable bonds is 2. The maximum atomic E-state index is 12.5. The zero-order valence-electron chi connectivity index (χ0n) is 9.65. The molecule has 1 aromatic rings. The molecule has 1 aliphatic carbocycles. The van der Waals surface area contributed by atoms with Gasteiger partial charge in [0.15, 0.2) is 5.69 Å². The Bertz CT molecular complexity index is 411. The molecular formula is C11H14F3N3O. The minimum Gasteiger partial charge on any atom is -0.458 e. The highest BCUT2D eigenvalue weighted by Crippen LogP contribution is 2.28. The standard InChI is InChI=1S/C11H14F3N3O/c12-11(13,14)9-5-6-16-10(17-9)18-8-4-2-1-3-7(8)15/h5-8H,1-4,15H2. The summed E-state index contributed by atoms with van der Waals surface area (Å²) in [6.07, 6.45) is -0.247. The average molecular weight is 261 g/mol. The largest absolute Gasteiger partial charge is 0.458 e. The number of nitrogens with zero attached hydrogens (tertiary/aromatic N) is 2. The molecule has 0 saturated heterocycles. The van der Waals surface area contributed by atoms with Gasteiger partial charge in [-0.3, -0.25) is 0 Å². The normalized spacial score (nSPS) is 24.9. The number of alkyl halides is 3. The van der Waals surface area contributed by atoms with Gasteiger partial charge in [0.1, 0.15) is 6.10 Å². The third-order valence-electron chi connectivity index (χ3n) is 2.93. The molecule has 100 valence electrons. The number of hydrogen-bond acceptors (Lipinski definition) is 4. The molecule has 7 heteroatoms. The summed E-state index contributed by atoms with van der Waals surface area (Å²) in [5, 5.41) is 0. The molecule has 0 bridgehead atoms. The first-order valence-electron chi connectivity index (χ1n) is 5.79. The fourth-order valence-corrected chi connectivity index (χ4v) is 1.96. The lowest BCUT2D eigenvalue weighted by Crippen LogP contribution is -2.41. The third kappa shape index (κ3) is 3.10. The maximum absolute atomic E-state index is 12.5. The van der Waals surface area contributed by atoms with Crippen molar-refractivity contribution in [2.45, 2.75) is 44.0 Å². The van der Waals surface area contributed by atoms with Gasteiger partial charge in [-0.15, -0.1) is 0 Å². The van der Waals surface area contributed by atoms with Crippen LogP contribution < -0.4 is 10.5 Å². The lowest BCUT2D eigenvalue weighted by molar-refractivity contribution is -0.141. The quantitative estimate of drug-likeness (QED) is 0.886. The molecule has 2 atom stereocenters. The average Bonchev–Trinajstić information content (AvgIpc) is 2.31. The van der Waals surface area contributed by atoms with Crippen molar-refractivity contribution in [3.63, 3.8) is 0 Å². The summed E-state index contributed by atoms with van der Waals surface area (Å²) in [7, 11) is 0. The van der Waals surface area contributed by atoms with E-state index in [1.807, 2.05) is 0 Å². The molecule has 1 fully saturated rings. The Morgan fingerprint density at radius 3 is 2.67 bits per heavy atom. The van der Waals surface area contributed by atoms with E-state index in [9.17, 15) is 13.2 Å². The van der Waals surface area contributed by atoms with Crippen LogP contribution >= 0.6 is 0 Å². The van der Waals surface area contributed by atoms with E-state index < -0.39 is 11.9 Å². The van der Waals surface area contributed by atoms with Crippen molar-refractivity contribution in [3.8, 4) is 6.01 Å². The Morgan fingerprint density at radius 1 is 1.28 bits per heavy atom. The van der Waals surface area contributed by atoms with Gasteiger partial charge in [-0.05, 0) is 25.3 Å². The molecular weight excluding hydrogens is 247 g/mol. The van der Waals surface area contributed by atoms with Crippen molar-refractivity contribution >= 4 is 0 Å². The minimum absolute atomic E-state index is 0.170. The molecule has 1 aliphatic rings. The molecule has 2 rings (SSSR count). The molecule has 18 heavy (non-hydrogen) atoms. The molecule has 0 amide bonds. The highest BCUT2D eigenvalue weighted by Gasteiger charge is 2.33. The first-order valence-corrected chi connectivity index (χ1v) is 5.79. The van der Waals surface area contributed by atoms with Crippen LogP contribution in [0.2, 0.25) is 0 Å². The van der Waals surface area contributed by atoms with Gasteiger partial charge in [0.25, 0.3) is 0 Å². The summed E-state index contributed by atoms with van der Waals surface area (Å²) in [5.74, 6) is 0. The lowest BCUT2D eigenvalue weighted by Gasteiger charge is -2.28. The van der Waals surface area contributed by atoms with Crippen LogP contribution in [-0.2, 0) is 6.18 Å². The van der Waals surface area contributed by atoms with Crippen LogP contribution in [0.25, 0.3) is 0 Å². The molecule has 2 N–H and O–H groups in total. The minimum atomic E-state index is -4.49. The van der Waals surface area contributed by atoms with Gasteiger partial charge in [0, 0.05) is 12.2 Å². The third-order valence-corrected chi connectivity index (χ3v) is 2.93. The van der Waals surface area contributed by atoms with E-state index >= 15 is 0 Å². The summed E-state index contributed by atoms with van der Waals surface area (Å²) in [6.45, 7) is 0. The Labute approximate surface area is 102 Å². The molecule has 1 aromatic heterocycles. The Balaban J connectivity index is 2.09. The summed E-state index contributed by atoms with van der Waals surface area (Å²) < 4.78 is 42.7. The van der Waals surface area contributed by atoms with Crippen molar-refractivity contribution in [1.29, 1.82) is 0 Å². The molecule has 4 nitrogen and oxygen atoms in total. The van der Waals surface area contributed by atoms with E-state index in [2.05, 4.69) is 9.97 Å². The van der Waals surface area contributed by atoms with Crippen molar-refractivity contribution in [1.82, 2.24) is 9.97 Å². The predicted molar refractivity (Wildman–Crippen MR) is 57.9 cm³/mol. The smallest absolute Gasteiger partial charge is 0.433 e. The summed E-state index contributed by atoms with van der Waals surface area (Å²) in [4.78, 5) is 7.05. The Morgan fingerprint density at radius 2 is 2.00 bits per heavy atom. The highest BCUT2D eigenvalue weighted by molar-refractivity contribution is 5.09. The van der Waals surface area contributed by atoms with Crippen LogP contribution in [0.1, 0.15) is 31.4 Å². The molecule has 0 spiro atoms. The first kappa shape index (κ1) is 13.1. The van der Waals surface area contributed by atoms with Gasteiger partial charge in [-0.1, -0.05) is 6.42 Å². The summed E-state index contributed by atoms with van der Waals surface area (Å²) in [5.41, 5.74) is 4.84. The van der Waals surface area contributed by atoms with Gasteiger partial charge in [0.2, 0.25) is 0 Å². The molecule has 0 aliphatic heterocycles. The second-order valence-electron chi connectivity index (χ2n) is 4.33. The summed E-state index contributed by atoms with van der Waals surface area (Å²) in [6, 6.07) is 0.386. The number of nitrogens with two attached hydrogens (primary N) is 1. The van der Waals surface area contributed by atoms with Gasteiger partial charge < -0.3 is 10.5 Å². The monoisotopic (exact) mass is 261 g/mol. The van der Waals surface area contributed by atoms with E-state index in [-0.39, 0.29) is 18.2 Å². The number of hydrogen-bond donors (Lipinski definition) is 1. The van der Waals surface area contributed by atoms with Crippen LogP contribution in [0, 0.1) is 0 Å².